The summed E-state index contributed by atoms with van der Waals surface area (Å²) in [5, 5.41) is 9.05. The van der Waals surface area contributed by atoms with E-state index in [-0.39, 0.29) is 43.8 Å². The predicted molar refractivity (Wildman–Crippen MR) is 126 cm³/mol. The van der Waals surface area contributed by atoms with Gasteiger partial charge in [0.2, 0.25) is 17.7 Å². The third-order valence-corrected chi connectivity index (χ3v) is 5.31. The van der Waals surface area contributed by atoms with Gasteiger partial charge in [0, 0.05) is 37.7 Å². The summed E-state index contributed by atoms with van der Waals surface area (Å²) in [7, 11) is 0. The Bertz CT molecular complexity index is 1030. The Labute approximate surface area is 203 Å². The van der Waals surface area contributed by atoms with Crippen molar-refractivity contribution < 1.29 is 33.2 Å². The number of rotatable bonds is 11. The molecular weight excluding hydrogens is 456 g/mol. The Hall–Kier alpha value is -3.73. The van der Waals surface area contributed by atoms with Gasteiger partial charge in [0.1, 0.15) is 12.3 Å². The Morgan fingerprint density at radius 2 is 1.91 bits per heavy atom. The summed E-state index contributed by atoms with van der Waals surface area (Å²) in [4.78, 5) is 51.1. The molecule has 1 aliphatic heterocycles. The van der Waals surface area contributed by atoms with E-state index < -0.39 is 17.8 Å². The van der Waals surface area contributed by atoms with Crippen molar-refractivity contribution in [1.29, 1.82) is 0 Å². The van der Waals surface area contributed by atoms with Gasteiger partial charge in [-0.25, -0.2) is 4.79 Å². The van der Waals surface area contributed by atoms with Crippen LogP contribution in [0, 0.1) is 6.92 Å². The number of nitrogens with one attached hydrogen (secondary N) is 2. The lowest BCUT2D eigenvalue weighted by Crippen LogP contribution is -2.43. The van der Waals surface area contributed by atoms with Crippen LogP contribution in [0.15, 0.2) is 34.9 Å². The van der Waals surface area contributed by atoms with Gasteiger partial charge in [-0.15, -0.1) is 0 Å². The molecule has 3 amide bonds. The molecule has 11 heteroatoms. The van der Waals surface area contributed by atoms with Crippen LogP contribution in [0.5, 0.6) is 0 Å². The molecule has 0 bridgehead atoms. The number of ether oxygens (including phenoxy) is 2. The quantitative estimate of drug-likeness (QED) is 0.461. The van der Waals surface area contributed by atoms with Crippen molar-refractivity contribution in [1.82, 2.24) is 10.5 Å². The number of hydrogen-bond acceptors (Lipinski definition) is 8. The highest BCUT2D eigenvalue weighted by Crippen LogP contribution is 2.18. The number of benzene rings is 1. The number of aryl methyl sites for hydroxylation is 1. The number of carbonyl (C=O) groups excluding carboxylic acids is 4. The van der Waals surface area contributed by atoms with E-state index in [0.717, 1.165) is 12.8 Å². The van der Waals surface area contributed by atoms with Crippen LogP contribution in [-0.2, 0) is 23.9 Å². The van der Waals surface area contributed by atoms with E-state index in [9.17, 15) is 19.2 Å². The smallest absolute Gasteiger partial charge is 0.338 e. The average Bonchev–Trinajstić information content (AvgIpc) is 3.51. The van der Waals surface area contributed by atoms with Gasteiger partial charge in [-0.1, -0.05) is 5.16 Å². The van der Waals surface area contributed by atoms with Crippen LogP contribution in [0.1, 0.15) is 48.7 Å². The lowest BCUT2D eigenvalue weighted by molar-refractivity contribution is -0.125. The summed E-state index contributed by atoms with van der Waals surface area (Å²) in [6.07, 6.45) is 1.55. The largest absolute Gasteiger partial charge is 0.462 e. The summed E-state index contributed by atoms with van der Waals surface area (Å²) in [6, 6.07) is 7.75. The highest BCUT2D eigenvalue weighted by molar-refractivity contribution is 6.01. The van der Waals surface area contributed by atoms with Crippen LogP contribution in [0.2, 0.25) is 0 Å². The Balaban J connectivity index is 1.64. The summed E-state index contributed by atoms with van der Waals surface area (Å²) in [5.74, 6) is -0.862. The van der Waals surface area contributed by atoms with Gasteiger partial charge < -0.3 is 29.5 Å². The molecule has 1 fully saturated rings. The Morgan fingerprint density at radius 1 is 1.14 bits per heavy atom. The van der Waals surface area contributed by atoms with Crippen LogP contribution >= 0.6 is 0 Å². The molecule has 0 aliphatic carbocycles. The molecule has 3 rings (SSSR count). The van der Waals surface area contributed by atoms with Crippen LogP contribution in [0.25, 0.3) is 0 Å². The summed E-state index contributed by atoms with van der Waals surface area (Å²) in [5.41, 5.74) is 0.746. The number of anilines is 2. The maximum Gasteiger partial charge on any atom is 0.338 e. The molecule has 2 aromatic rings. The maximum absolute atomic E-state index is 13.0. The number of nitrogens with zero attached hydrogens (tertiary/aromatic N) is 2. The third-order valence-electron chi connectivity index (χ3n) is 5.31. The predicted octanol–water partition coefficient (Wildman–Crippen LogP) is 2.21. The fourth-order valence-corrected chi connectivity index (χ4v) is 3.53. The van der Waals surface area contributed by atoms with E-state index in [1.165, 1.54) is 17.0 Å². The van der Waals surface area contributed by atoms with E-state index >= 15 is 0 Å². The van der Waals surface area contributed by atoms with Gasteiger partial charge in [-0.2, -0.15) is 0 Å². The molecular formula is C24H30N4O7. The molecule has 0 unspecified atom stereocenters. The first-order chi connectivity index (χ1) is 16.9. The minimum atomic E-state index is -0.481. The second-order valence-corrected chi connectivity index (χ2v) is 8.06. The molecule has 0 radical (unpaired) electrons. The summed E-state index contributed by atoms with van der Waals surface area (Å²) < 4.78 is 15.4. The van der Waals surface area contributed by atoms with Crippen molar-refractivity contribution in [2.24, 2.45) is 0 Å². The monoisotopic (exact) mass is 486 g/mol. The van der Waals surface area contributed by atoms with Gasteiger partial charge in [0.05, 0.1) is 18.3 Å². The lowest BCUT2D eigenvalue weighted by atomic mass is 10.1. The zero-order valence-electron chi connectivity index (χ0n) is 19.9. The minimum Gasteiger partial charge on any atom is -0.462 e. The lowest BCUT2D eigenvalue weighted by Gasteiger charge is -2.23. The first-order valence-electron chi connectivity index (χ1n) is 11.5. The zero-order valence-corrected chi connectivity index (χ0v) is 19.9. The molecule has 0 spiro atoms. The second kappa shape index (κ2) is 12.7. The molecule has 1 atom stereocenters. The van der Waals surface area contributed by atoms with Crippen molar-refractivity contribution >= 4 is 35.2 Å². The number of carbonyl (C=O) groups is 4. The standard InChI is InChI=1S/C24H30N4O7/c1-3-33-24(32)17-6-8-18(9-7-17)28(15-22(30)25-14-19-5-4-12-34-19)23(31)11-10-21(29)26-20-13-16(2)35-27-20/h6-9,13,19H,3-5,10-12,14-15H2,1-2H3,(H,25,30)(H,26,27,29)/t19-/m0/s1. The van der Waals surface area contributed by atoms with E-state index in [1.807, 2.05) is 0 Å². The molecule has 35 heavy (non-hydrogen) atoms. The third kappa shape index (κ3) is 7.92. The first-order valence-corrected chi connectivity index (χ1v) is 11.5. The summed E-state index contributed by atoms with van der Waals surface area (Å²) >= 11 is 0. The molecule has 0 saturated carbocycles. The van der Waals surface area contributed by atoms with E-state index in [4.69, 9.17) is 14.0 Å². The number of amides is 3. The van der Waals surface area contributed by atoms with Crippen molar-refractivity contribution in [3.63, 3.8) is 0 Å². The Morgan fingerprint density at radius 3 is 2.54 bits per heavy atom. The van der Waals surface area contributed by atoms with Gasteiger partial charge in [-0.05, 0) is 51.0 Å². The van der Waals surface area contributed by atoms with E-state index in [1.54, 1.807) is 32.0 Å². The van der Waals surface area contributed by atoms with Gasteiger partial charge >= 0.3 is 5.97 Å². The van der Waals surface area contributed by atoms with Crippen molar-refractivity contribution in [3.05, 3.63) is 41.7 Å². The van der Waals surface area contributed by atoms with Crippen molar-refractivity contribution in [3.8, 4) is 0 Å². The fraction of sp³-hybridized carbons (Fsp3) is 0.458. The second-order valence-electron chi connectivity index (χ2n) is 8.06. The summed E-state index contributed by atoms with van der Waals surface area (Å²) in [6.45, 7) is 4.44. The molecule has 1 aromatic heterocycles. The van der Waals surface area contributed by atoms with Crippen molar-refractivity contribution in [2.75, 3.05) is 36.5 Å². The van der Waals surface area contributed by atoms with Crippen LogP contribution in [0.3, 0.4) is 0 Å². The van der Waals surface area contributed by atoms with E-state index in [0.29, 0.717) is 30.2 Å². The topological polar surface area (TPSA) is 140 Å². The number of aromatic nitrogens is 1. The molecule has 1 aliphatic rings. The van der Waals surface area contributed by atoms with E-state index in [2.05, 4.69) is 15.8 Å². The number of hydrogen-bond donors (Lipinski definition) is 2. The maximum atomic E-state index is 13.0. The molecule has 2 heterocycles. The molecule has 188 valence electrons. The highest BCUT2D eigenvalue weighted by atomic mass is 16.5. The van der Waals surface area contributed by atoms with Crippen LogP contribution in [-0.4, -0.2) is 61.3 Å². The number of esters is 1. The SMILES string of the molecule is CCOC(=O)c1ccc(N(CC(=O)NC[C@@H]2CCCO2)C(=O)CCC(=O)Nc2cc(C)on2)cc1. The fourth-order valence-electron chi connectivity index (χ4n) is 3.53. The normalized spacial score (nSPS) is 14.9. The van der Waals surface area contributed by atoms with Gasteiger partial charge in [-0.3, -0.25) is 14.4 Å². The highest BCUT2D eigenvalue weighted by Gasteiger charge is 2.22. The van der Waals surface area contributed by atoms with Gasteiger partial charge in [0.25, 0.3) is 0 Å². The average molecular weight is 487 g/mol. The molecule has 1 saturated heterocycles. The van der Waals surface area contributed by atoms with Gasteiger partial charge in [0.15, 0.2) is 5.82 Å². The van der Waals surface area contributed by atoms with Crippen LogP contribution in [0.4, 0.5) is 11.5 Å². The zero-order chi connectivity index (χ0) is 25.2. The molecule has 11 nitrogen and oxygen atoms in total. The molecule has 2 N–H and O–H groups in total. The Kier molecular flexibility index (Phi) is 9.36. The van der Waals surface area contributed by atoms with Crippen molar-refractivity contribution in [2.45, 2.75) is 45.6 Å². The minimum absolute atomic E-state index is 0.0316. The molecule has 1 aromatic carbocycles. The van der Waals surface area contributed by atoms with Crippen LogP contribution < -0.4 is 15.5 Å². The first kappa shape index (κ1) is 25.9.